The van der Waals surface area contributed by atoms with Crippen LogP contribution in [0.4, 0.5) is 0 Å². The Morgan fingerprint density at radius 3 is 2.95 bits per heavy atom. The van der Waals surface area contributed by atoms with Crippen molar-refractivity contribution in [2.75, 3.05) is 6.61 Å². The van der Waals surface area contributed by atoms with Crippen LogP contribution in [-0.4, -0.2) is 17.5 Å². The van der Waals surface area contributed by atoms with Gasteiger partial charge in [-0.3, -0.25) is 4.79 Å². The number of carbonyl (C=O) groups excluding carboxylic acids is 1. The number of rotatable bonds is 1. The van der Waals surface area contributed by atoms with E-state index in [2.05, 4.69) is 25.2 Å². The minimum atomic E-state index is -0.388. The summed E-state index contributed by atoms with van der Waals surface area (Å²) in [5, 5.41) is 9.96. The maximum absolute atomic E-state index is 12.4. The molecule has 114 valence electrons. The van der Waals surface area contributed by atoms with Gasteiger partial charge in [0, 0.05) is 11.8 Å². The summed E-state index contributed by atoms with van der Waals surface area (Å²) in [6, 6.07) is 0. The molecule has 0 unspecified atom stereocenters. The predicted molar refractivity (Wildman–Crippen MR) is 82.6 cm³/mol. The quantitative estimate of drug-likeness (QED) is 0.747. The van der Waals surface area contributed by atoms with E-state index in [4.69, 9.17) is 0 Å². The minimum absolute atomic E-state index is 0.0723. The van der Waals surface area contributed by atoms with Gasteiger partial charge < -0.3 is 5.11 Å². The van der Waals surface area contributed by atoms with Gasteiger partial charge in [0.25, 0.3) is 0 Å². The lowest BCUT2D eigenvalue weighted by Crippen LogP contribution is -2.51. The first-order valence-electron chi connectivity index (χ1n) is 8.63. The van der Waals surface area contributed by atoms with E-state index in [1.165, 1.54) is 12.8 Å². The molecule has 0 spiro atoms. The molecule has 4 aliphatic rings. The van der Waals surface area contributed by atoms with Crippen molar-refractivity contribution in [1.82, 2.24) is 0 Å². The fourth-order valence-corrected chi connectivity index (χ4v) is 6.14. The molecule has 2 fully saturated rings. The van der Waals surface area contributed by atoms with Crippen LogP contribution in [0.15, 0.2) is 23.8 Å². The monoisotopic (exact) mass is 286 g/mol. The van der Waals surface area contributed by atoms with E-state index in [1.807, 2.05) is 0 Å². The summed E-state index contributed by atoms with van der Waals surface area (Å²) >= 11 is 0. The van der Waals surface area contributed by atoms with Gasteiger partial charge in [-0.05, 0) is 56.3 Å². The second kappa shape index (κ2) is 4.55. The van der Waals surface area contributed by atoms with Gasteiger partial charge in [-0.2, -0.15) is 0 Å². The van der Waals surface area contributed by atoms with Crippen molar-refractivity contribution in [2.45, 2.75) is 51.9 Å². The molecule has 0 aromatic carbocycles. The van der Waals surface area contributed by atoms with E-state index in [0.29, 0.717) is 30.0 Å². The molecular weight excluding hydrogens is 260 g/mol. The standard InChI is InChI=1S/C19H26O2/c1-18-10-3-2-4-13(18)5-6-14-15(18)9-11-19(12-20)16(14)7-8-17(19)21/h3,5,10,14-16,20H,2,4,6-9,11-12H2,1H3/t14-,15+,16+,18+,19-/m1/s1. The number of allylic oxidation sites excluding steroid dienone is 4. The van der Waals surface area contributed by atoms with Gasteiger partial charge in [-0.15, -0.1) is 0 Å². The fourth-order valence-electron chi connectivity index (χ4n) is 6.14. The molecule has 5 atom stereocenters. The molecule has 0 aliphatic heterocycles. The molecule has 1 N–H and O–H groups in total. The first-order chi connectivity index (χ1) is 10.1. The zero-order valence-corrected chi connectivity index (χ0v) is 13.0. The molecule has 2 heteroatoms. The van der Waals surface area contributed by atoms with Gasteiger partial charge in [0.2, 0.25) is 0 Å². The van der Waals surface area contributed by atoms with Crippen LogP contribution in [0.5, 0.6) is 0 Å². The van der Waals surface area contributed by atoms with Crippen molar-refractivity contribution in [3.05, 3.63) is 23.8 Å². The maximum atomic E-state index is 12.4. The van der Waals surface area contributed by atoms with Gasteiger partial charge in [0.15, 0.2) is 0 Å². The molecular formula is C19H26O2. The highest BCUT2D eigenvalue weighted by molar-refractivity contribution is 5.87. The number of ketones is 1. The molecule has 21 heavy (non-hydrogen) atoms. The number of fused-ring (bicyclic) bond motifs is 5. The third-order valence-corrected chi connectivity index (χ3v) is 7.31. The maximum Gasteiger partial charge on any atom is 0.141 e. The Kier molecular flexibility index (Phi) is 2.98. The Morgan fingerprint density at radius 2 is 2.14 bits per heavy atom. The summed E-state index contributed by atoms with van der Waals surface area (Å²) in [5.74, 6) is 2.02. The van der Waals surface area contributed by atoms with Gasteiger partial charge in [0.05, 0.1) is 12.0 Å². The number of hydrogen-bond donors (Lipinski definition) is 1. The van der Waals surface area contributed by atoms with Crippen LogP contribution in [0.25, 0.3) is 0 Å². The molecule has 4 rings (SSSR count). The zero-order chi connectivity index (χ0) is 14.7. The van der Waals surface area contributed by atoms with Gasteiger partial charge >= 0.3 is 0 Å². The number of carbonyl (C=O) groups is 1. The molecule has 0 bridgehead atoms. The summed E-state index contributed by atoms with van der Waals surface area (Å²) in [6.45, 7) is 2.48. The SMILES string of the molecule is C[C@]12C=CCCC1=CC[C@H]1[C@@H]3CCC(=O)[C@@]3(CO)CC[C@@H]12. The molecule has 2 nitrogen and oxygen atoms in total. The van der Waals surface area contributed by atoms with Crippen LogP contribution in [0.2, 0.25) is 0 Å². The first kappa shape index (κ1) is 13.8. The lowest BCUT2D eigenvalue weighted by Gasteiger charge is -2.55. The van der Waals surface area contributed by atoms with Crippen LogP contribution >= 0.6 is 0 Å². The van der Waals surface area contributed by atoms with Crippen molar-refractivity contribution in [3.63, 3.8) is 0 Å². The summed E-state index contributed by atoms with van der Waals surface area (Å²) in [4.78, 5) is 12.4. The number of Topliss-reactive ketones (excluding diaryl/α,β-unsaturated/α-hetero) is 1. The second-order valence-corrected chi connectivity index (χ2v) is 7.88. The average Bonchev–Trinajstić information content (AvgIpc) is 2.84. The van der Waals surface area contributed by atoms with Gasteiger partial charge in [-0.1, -0.05) is 30.7 Å². The summed E-state index contributed by atoms with van der Waals surface area (Å²) in [6.07, 6.45) is 14.5. The Hall–Kier alpha value is -0.890. The van der Waals surface area contributed by atoms with Crippen LogP contribution in [0.1, 0.15) is 51.9 Å². The molecule has 2 saturated carbocycles. The van der Waals surface area contributed by atoms with Crippen LogP contribution < -0.4 is 0 Å². The first-order valence-corrected chi connectivity index (χ1v) is 8.63. The van der Waals surface area contributed by atoms with E-state index in [1.54, 1.807) is 5.57 Å². The molecule has 0 amide bonds. The molecule has 0 saturated heterocycles. The Labute approximate surface area is 127 Å². The topological polar surface area (TPSA) is 37.3 Å². The molecule has 4 aliphatic carbocycles. The van der Waals surface area contributed by atoms with Gasteiger partial charge in [-0.25, -0.2) is 0 Å². The van der Waals surface area contributed by atoms with E-state index < -0.39 is 0 Å². The summed E-state index contributed by atoms with van der Waals surface area (Å²) in [5.41, 5.74) is 1.46. The zero-order valence-electron chi connectivity index (χ0n) is 13.0. The van der Waals surface area contributed by atoms with E-state index >= 15 is 0 Å². The summed E-state index contributed by atoms with van der Waals surface area (Å²) in [7, 11) is 0. The number of hydrogen-bond acceptors (Lipinski definition) is 2. The van der Waals surface area contributed by atoms with Crippen molar-refractivity contribution < 1.29 is 9.90 Å². The molecule has 0 aromatic heterocycles. The lowest BCUT2D eigenvalue weighted by atomic mass is 9.49. The molecule has 0 heterocycles. The number of aliphatic hydroxyl groups is 1. The van der Waals surface area contributed by atoms with Crippen molar-refractivity contribution >= 4 is 5.78 Å². The van der Waals surface area contributed by atoms with E-state index in [9.17, 15) is 9.90 Å². The molecule has 0 aromatic rings. The predicted octanol–water partition coefficient (Wildman–Crippen LogP) is 3.66. The highest BCUT2D eigenvalue weighted by Gasteiger charge is 2.59. The van der Waals surface area contributed by atoms with Crippen molar-refractivity contribution in [2.24, 2.45) is 28.6 Å². The highest BCUT2D eigenvalue weighted by atomic mass is 16.3. The third-order valence-electron chi connectivity index (χ3n) is 7.31. The average molecular weight is 286 g/mol. The third kappa shape index (κ3) is 1.66. The highest BCUT2D eigenvalue weighted by Crippen LogP contribution is 2.62. The van der Waals surface area contributed by atoms with Gasteiger partial charge in [0.1, 0.15) is 5.78 Å². The van der Waals surface area contributed by atoms with Crippen molar-refractivity contribution in [3.8, 4) is 0 Å². The Bertz CT molecular complexity index is 532. The van der Waals surface area contributed by atoms with E-state index in [-0.39, 0.29) is 17.4 Å². The number of aliphatic hydroxyl groups excluding tert-OH is 1. The lowest BCUT2D eigenvalue weighted by molar-refractivity contribution is -0.136. The normalized spacial score (nSPS) is 48.4. The van der Waals surface area contributed by atoms with Crippen LogP contribution in [0, 0.1) is 28.6 Å². The summed E-state index contributed by atoms with van der Waals surface area (Å²) < 4.78 is 0. The fraction of sp³-hybridized carbons (Fsp3) is 0.737. The van der Waals surface area contributed by atoms with Crippen molar-refractivity contribution in [1.29, 1.82) is 0 Å². The van der Waals surface area contributed by atoms with E-state index in [0.717, 1.165) is 25.7 Å². The second-order valence-electron chi connectivity index (χ2n) is 7.88. The minimum Gasteiger partial charge on any atom is -0.395 e. The van der Waals surface area contributed by atoms with Crippen LogP contribution in [0.3, 0.4) is 0 Å². The van der Waals surface area contributed by atoms with Crippen LogP contribution in [-0.2, 0) is 4.79 Å². The Balaban J connectivity index is 1.74. The largest absolute Gasteiger partial charge is 0.395 e. The molecule has 0 radical (unpaired) electrons. The smallest absolute Gasteiger partial charge is 0.141 e. The Morgan fingerprint density at radius 1 is 1.29 bits per heavy atom.